The average Bonchev–Trinajstić information content (AvgIpc) is 2.30. The minimum Gasteiger partial charge on any atom is -0.491 e. The number of hydrazine groups is 1. The molecule has 1 aliphatic rings. The molecule has 1 saturated heterocycles. The molecule has 0 aromatic heterocycles. The van der Waals surface area contributed by atoms with Crippen molar-refractivity contribution in [2.24, 2.45) is 5.92 Å². The topological polar surface area (TPSA) is 33.7 Å². The molecule has 16 heavy (non-hydrogen) atoms. The highest BCUT2D eigenvalue weighted by atomic mass is 16.5. The minimum atomic E-state index is 0.126. The average molecular weight is 226 g/mol. The normalized spacial score (nSPS) is 19.2. The van der Waals surface area contributed by atoms with Gasteiger partial charge < -0.3 is 9.47 Å². The van der Waals surface area contributed by atoms with E-state index in [1.807, 2.05) is 0 Å². The third-order valence-electron chi connectivity index (χ3n) is 2.68. The van der Waals surface area contributed by atoms with Crippen molar-refractivity contribution in [3.05, 3.63) is 18.1 Å². The van der Waals surface area contributed by atoms with Crippen molar-refractivity contribution in [3.63, 3.8) is 0 Å². The van der Waals surface area contributed by atoms with Gasteiger partial charge in [0, 0.05) is 13.1 Å². The maximum atomic E-state index is 5.31. The summed E-state index contributed by atoms with van der Waals surface area (Å²) in [7, 11) is 1.66. The molecule has 0 aromatic rings. The largest absolute Gasteiger partial charge is 0.491 e. The van der Waals surface area contributed by atoms with Crippen LogP contribution in [0.25, 0.3) is 0 Å². The molecule has 1 fully saturated rings. The molecule has 4 nitrogen and oxygen atoms in total. The molecule has 92 valence electrons. The lowest BCUT2D eigenvalue weighted by molar-refractivity contribution is -0.00191. The van der Waals surface area contributed by atoms with Gasteiger partial charge in [-0.3, -0.25) is 0 Å². The zero-order chi connectivity index (χ0) is 12.0. The van der Waals surface area contributed by atoms with Gasteiger partial charge in [0.05, 0.1) is 26.4 Å². The highest BCUT2D eigenvalue weighted by Crippen LogP contribution is 2.12. The number of ether oxygens (including phenoxy) is 2. The summed E-state index contributed by atoms with van der Waals surface area (Å²) in [5, 5.41) is 2.17. The fourth-order valence-corrected chi connectivity index (χ4v) is 1.71. The summed E-state index contributed by atoms with van der Waals surface area (Å²) in [5.74, 6) is 1.19. The van der Waals surface area contributed by atoms with E-state index < -0.39 is 0 Å². The number of methoxy groups -OCH3 is 1. The van der Waals surface area contributed by atoms with E-state index in [0.29, 0.717) is 5.92 Å². The molecule has 0 radical (unpaired) electrons. The summed E-state index contributed by atoms with van der Waals surface area (Å²) < 4.78 is 10.6. The van der Waals surface area contributed by atoms with Gasteiger partial charge in [-0.2, -0.15) is 0 Å². The van der Waals surface area contributed by atoms with Crippen molar-refractivity contribution in [2.75, 3.05) is 33.4 Å². The standard InChI is InChI=1S/C12H22N2O2/c1-5-11(15-4)12(10(2)3)13-14-6-8-16-9-7-14/h10,12-13H,1,6-9H2,2-4H3. The molecule has 0 aliphatic carbocycles. The second-order valence-electron chi connectivity index (χ2n) is 4.20. The van der Waals surface area contributed by atoms with Gasteiger partial charge in [-0.05, 0) is 5.92 Å². The molecular weight excluding hydrogens is 204 g/mol. The van der Waals surface area contributed by atoms with Crippen LogP contribution in [0.4, 0.5) is 0 Å². The van der Waals surface area contributed by atoms with Gasteiger partial charge in [-0.1, -0.05) is 26.2 Å². The predicted octanol–water partition coefficient (Wildman–Crippen LogP) is 1.16. The number of morpholine rings is 1. The number of nitrogens with one attached hydrogen (secondary N) is 1. The predicted molar refractivity (Wildman–Crippen MR) is 63.8 cm³/mol. The molecule has 1 atom stereocenters. The lowest BCUT2D eigenvalue weighted by Gasteiger charge is -2.33. The Labute approximate surface area is 97.9 Å². The number of hydrogen-bond donors (Lipinski definition) is 1. The maximum absolute atomic E-state index is 5.31. The summed E-state index contributed by atoms with van der Waals surface area (Å²) in [6.45, 7) is 11.3. The third kappa shape index (κ3) is 3.65. The first kappa shape index (κ1) is 13.3. The van der Waals surface area contributed by atoms with E-state index in [0.717, 1.165) is 32.1 Å². The van der Waals surface area contributed by atoms with Crippen LogP contribution in [0.2, 0.25) is 0 Å². The highest BCUT2D eigenvalue weighted by Gasteiger charge is 2.22. The Morgan fingerprint density at radius 2 is 2.06 bits per heavy atom. The molecular formula is C12H22N2O2. The van der Waals surface area contributed by atoms with Crippen LogP contribution >= 0.6 is 0 Å². The molecule has 0 amide bonds. The van der Waals surface area contributed by atoms with E-state index in [2.05, 4.69) is 36.6 Å². The first-order valence-electron chi connectivity index (χ1n) is 5.71. The Morgan fingerprint density at radius 3 is 2.50 bits per heavy atom. The first-order chi connectivity index (χ1) is 7.69. The van der Waals surface area contributed by atoms with Crippen LogP contribution in [0, 0.1) is 5.92 Å². The third-order valence-corrected chi connectivity index (χ3v) is 2.68. The second kappa shape index (κ2) is 6.71. The van der Waals surface area contributed by atoms with Crippen molar-refractivity contribution in [3.8, 4) is 0 Å². The maximum Gasteiger partial charge on any atom is 0.156 e. The van der Waals surface area contributed by atoms with Crippen molar-refractivity contribution in [1.29, 1.82) is 0 Å². The monoisotopic (exact) mass is 226 g/mol. The summed E-state index contributed by atoms with van der Waals surface area (Å²) in [6.07, 6.45) is 0. The van der Waals surface area contributed by atoms with Crippen molar-refractivity contribution < 1.29 is 9.47 Å². The molecule has 1 aliphatic heterocycles. The molecule has 1 heterocycles. The summed E-state index contributed by atoms with van der Waals surface area (Å²) in [6, 6.07) is 0.126. The Morgan fingerprint density at radius 1 is 1.44 bits per heavy atom. The van der Waals surface area contributed by atoms with Crippen molar-refractivity contribution in [1.82, 2.24) is 10.4 Å². The molecule has 0 bridgehead atoms. The SMILES string of the molecule is C=C=C(OC)C(NN1CCOCC1)C(C)C. The Balaban J connectivity index is 2.59. The van der Waals surface area contributed by atoms with Crippen LogP contribution < -0.4 is 5.43 Å². The molecule has 0 aromatic carbocycles. The van der Waals surface area contributed by atoms with E-state index in [9.17, 15) is 0 Å². The molecule has 1 rings (SSSR count). The van der Waals surface area contributed by atoms with Crippen LogP contribution in [-0.2, 0) is 9.47 Å². The van der Waals surface area contributed by atoms with Crippen LogP contribution in [-0.4, -0.2) is 44.5 Å². The van der Waals surface area contributed by atoms with Gasteiger partial charge in [0.25, 0.3) is 0 Å². The lowest BCUT2D eigenvalue weighted by Crippen LogP contribution is -2.52. The van der Waals surface area contributed by atoms with E-state index in [4.69, 9.17) is 9.47 Å². The van der Waals surface area contributed by atoms with Gasteiger partial charge in [0.2, 0.25) is 0 Å². The molecule has 1 unspecified atom stereocenters. The zero-order valence-electron chi connectivity index (χ0n) is 10.5. The smallest absolute Gasteiger partial charge is 0.156 e. The van der Waals surface area contributed by atoms with E-state index >= 15 is 0 Å². The Bertz CT molecular complexity index is 254. The minimum absolute atomic E-state index is 0.126. The summed E-state index contributed by atoms with van der Waals surface area (Å²) >= 11 is 0. The van der Waals surface area contributed by atoms with Gasteiger partial charge in [-0.25, -0.2) is 10.4 Å². The van der Waals surface area contributed by atoms with Crippen LogP contribution in [0.5, 0.6) is 0 Å². The first-order valence-corrected chi connectivity index (χ1v) is 5.71. The number of hydrogen-bond acceptors (Lipinski definition) is 4. The van der Waals surface area contributed by atoms with Crippen LogP contribution in [0.1, 0.15) is 13.8 Å². The van der Waals surface area contributed by atoms with Crippen LogP contribution in [0.15, 0.2) is 18.1 Å². The quantitative estimate of drug-likeness (QED) is 0.563. The second-order valence-corrected chi connectivity index (χ2v) is 4.20. The molecule has 1 N–H and O–H groups in total. The number of nitrogens with zero attached hydrogens (tertiary/aromatic N) is 1. The summed E-state index contributed by atoms with van der Waals surface area (Å²) in [4.78, 5) is 0. The van der Waals surface area contributed by atoms with Crippen molar-refractivity contribution in [2.45, 2.75) is 19.9 Å². The fourth-order valence-electron chi connectivity index (χ4n) is 1.71. The lowest BCUT2D eigenvalue weighted by atomic mass is 10.0. The van der Waals surface area contributed by atoms with Gasteiger partial charge >= 0.3 is 0 Å². The number of rotatable bonds is 5. The van der Waals surface area contributed by atoms with E-state index in [1.165, 1.54) is 0 Å². The summed E-state index contributed by atoms with van der Waals surface area (Å²) in [5.41, 5.74) is 6.29. The van der Waals surface area contributed by atoms with Gasteiger partial charge in [0.1, 0.15) is 0 Å². The van der Waals surface area contributed by atoms with E-state index in [-0.39, 0.29) is 6.04 Å². The zero-order valence-corrected chi connectivity index (χ0v) is 10.5. The van der Waals surface area contributed by atoms with Crippen LogP contribution in [0.3, 0.4) is 0 Å². The van der Waals surface area contributed by atoms with Gasteiger partial charge in [0.15, 0.2) is 5.76 Å². The van der Waals surface area contributed by atoms with E-state index in [1.54, 1.807) is 7.11 Å². The van der Waals surface area contributed by atoms with Gasteiger partial charge in [-0.15, -0.1) is 0 Å². The Hall–Kier alpha value is -0.800. The molecule has 0 spiro atoms. The Kier molecular flexibility index (Phi) is 5.56. The highest BCUT2D eigenvalue weighted by molar-refractivity contribution is 5.01. The molecule has 0 saturated carbocycles. The molecule has 4 heteroatoms. The fraction of sp³-hybridized carbons (Fsp3) is 0.750. The van der Waals surface area contributed by atoms with Crippen molar-refractivity contribution >= 4 is 0 Å².